The van der Waals surface area contributed by atoms with E-state index in [1.54, 1.807) is 17.9 Å². The molecule has 0 spiro atoms. The minimum absolute atomic E-state index is 0.114. The van der Waals surface area contributed by atoms with Crippen molar-refractivity contribution >= 4 is 5.82 Å². The lowest BCUT2D eigenvalue weighted by Gasteiger charge is -2.24. The number of alkyl halides is 3. The zero-order valence-electron chi connectivity index (χ0n) is 12.6. The molecule has 0 bridgehead atoms. The van der Waals surface area contributed by atoms with Crippen molar-refractivity contribution in [3.05, 3.63) is 41.9 Å². The predicted molar refractivity (Wildman–Crippen MR) is 77.4 cm³/mol. The lowest BCUT2D eigenvalue weighted by atomic mass is 10.1. The summed E-state index contributed by atoms with van der Waals surface area (Å²) in [6, 6.07) is 2.18. The number of aryl methyl sites for hydroxylation is 1. The number of likely N-dealkylation sites (N-methyl/N-ethyl adjacent to an activating group) is 1. The first-order chi connectivity index (χ1) is 10.3. The molecule has 2 aromatic heterocycles. The molecule has 2 rings (SSSR count). The Morgan fingerprint density at radius 1 is 1.36 bits per heavy atom. The van der Waals surface area contributed by atoms with Crippen molar-refractivity contribution in [3.8, 4) is 0 Å². The van der Waals surface area contributed by atoms with Crippen molar-refractivity contribution in [2.75, 3.05) is 26.0 Å². The minimum atomic E-state index is -4.43. The molecule has 0 aromatic carbocycles. The number of hydrogen-bond donors (Lipinski definition) is 1. The first-order valence-electron chi connectivity index (χ1n) is 6.70. The summed E-state index contributed by atoms with van der Waals surface area (Å²) in [5, 5.41) is 6.90. The molecule has 1 unspecified atom stereocenters. The summed E-state index contributed by atoms with van der Waals surface area (Å²) >= 11 is 0. The average molecular weight is 313 g/mol. The molecular formula is C14H18F3N5. The number of nitrogens with zero attached hydrogens (tertiary/aromatic N) is 4. The van der Waals surface area contributed by atoms with Crippen LogP contribution >= 0.6 is 0 Å². The minimum Gasteiger partial charge on any atom is -0.368 e. The van der Waals surface area contributed by atoms with Gasteiger partial charge in [0.1, 0.15) is 5.82 Å². The van der Waals surface area contributed by atoms with Crippen LogP contribution in [-0.2, 0) is 13.2 Å². The molecule has 2 aromatic rings. The second-order valence-electron chi connectivity index (χ2n) is 5.20. The van der Waals surface area contributed by atoms with Gasteiger partial charge in [-0.2, -0.15) is 18.3 Å². The molecule has 22 heavy (non-hydrogen) atoms. The first kappa shape index (κ1) is 16.3. The number of halogens is 3. The average Bonchev–Trinajstić information content (AvgIpc) is 2.84. The highest BCUT2D eigenvalue weighted by molar-refractivity contribution is 5.45. The third-order valence-electron chi connectivity index (χ3n) is 3.31. The van der Waals surface area contributed by atoms with Crippen molar-refractivity contribution in [1.82, 2.24) is 19.7 Å². The number of hydrogen-bond acceptors (Lipinski definition) is 4. The van der Waals surface area contributed by atoms with Gasteiger partial charge in [0.2, 0.25) is 0 Å². The molecule has 0 aliphatic rings. The van der Waals surface area contributed by atoms with E-state index in [9.17, 15) is 13.2 Å². The molecule has 0 saturated heterocycles. The fraction of sp³-hybridized carbons (Fsp3) is 0.429. The van der Waals surface area contributed by atoms with Gasteiger partial charge in [-0.15, -0.1) is 0 Å². The molecule has 0 aliphatic heterocycles. The highest BCUT2D eigenvalue weighted by Crippen LogP contribution is 2.33. The largest absolute Gasteiger partial charge is 0.419 e. The van der Waals surface area contributed by atoms with Crippen molar-refractivity contribution < 1.29 is 13.2 Å². The third-order valence-corrected chi connectivity index (χ3v) is 3.31. The smallest absolute Gasteiger partial charge is 0.368 e. The maximum atomic E-state index is 13.0. The van der Waals surface area contributed by atoms with Crippen LogP contribution in [0.2, 0.25) is 0 Å². The third kappa shape index (κ3) is 3.76. The van der Waals surface area contributed by atoms with Crippen molar-refractivity contribution in [3.63, 3.8) is 0 Å². The normalized spacial score (nSPS) is 13.4. The monoisotopic (exact) mass is 313 g/mol. The molecule has 120 valence electrons. The van der Waals surface area contributed by atoms with Gasteiger partial charge < -0.3 is 10.2 Å². The van der Waals surface area contributed by atoms with E-state index in [1.165, 1.54) is 12.3 Å². The Morgan fingerprint density at radius 3 is 2.64 bits per heavy atom. The summed E-state index contributed by atoms with van der Waals surface area (Å²) < 4.78 is 40.5. The fourth-order valence-electron chi connectivity index (χ4n) is 2.18. The molecular weight excluding hydrogens is 295 g/mol. The highest BCUT2D eigenvalue weighted by atomic mass is 19.4. The first-order valence-corrected chi connectivity index (χ1v) is 6.70. The van der Waals surface area contributed by atoms with E-state index < -0.39 is 11.7 Å². The number of rotatable bonds is 5. The van der Waals surface area contributed by atoms with Crippen LogP contribution in [0.1, 0.15) is 17.2 Å². The SMILES string of the molecule is CN(C)C(CNc1ncccc1C(F)(F)F)c1cnn(C)c1. The van der Waals surface area contributed by atoms with Crippen LogP contribution in [0, 0.1) is 0 Å². The standard InChI is InChI=1S/C14H18F3N5/c1-21(2)12(10-7-20-22(3)9-10)8-19-13-11(14(15,16)17)5-4-6-18-13/h4-7,9,12H,8H2,1-3H3,(H,18,19). The Bertz CT molecular complexity index is 621. The van der Waals surface area contributed by atoms with E-state index >= 15 is 0 Å². The second kappa shape index (κ2) is 6.35. The van der Waals surface area contributed by atoms with Crippen molar-refractivity contribution in [2.24, 2.45) is 7.05 Å². The zero-order valence-corrected chi connectivity index (χ0v) is 12.6. The van der Waals surface area contributed by atoms with Gasteiger partial charge in [0.05, 0.1) is 17.8 Å². The lowest BCUT2D eigenvalue weighted by molar-refractivity contribution is -0.137. The fourth-order valence-corrected chi connectivity index (χ4v) is 2.18. The molecule has 1 N–H and O–H groups in total. The summed E-state index contributed by atoms with van der Waals surface area (Å²) in [5.74, 6) is -0.161. The molecule has 0 saturated carbocycles. The van der Waals surface area contributed by atoms with E-state index in [0.29, 0.717) is 6.54 Å². The van der Waals surface area contributed by atoms with Crippen LogP contribution in [0.5, 0.6) is 0 Å². The van der Waals surface area contributed by atoms with Crippen LogP contribution < -0.4 is 5.32 Å². The van der Waals surface area contributed by atoms with Crippen LogP contribution in [0.3, 0.4) is 0 Å². The summed E-state index contributed by atoms with van der Waals surface area (Å²) in [5.41, 5.74) is 0.156. The van der Waals surface area contributed by atoms with Gasteiger partial charge in [0.15, 0.2) is 0 Å². The summed E-state index contributed by atoms with van der Waals surface area (Å²) in [4.78, 5) is 5.72. The molecule has 0 aliphatic carbocycles. The Labute approximate surface area is 126 Å². The maximum Gasteiger partial charge on any atom is 0.419 e. The summed E-state index contributed by atoms with van der Waals surface area (Å²) in [6.07, 6.45) is 0.454. The summed E-state index contributed by atoms with van der Waals surface area (Å²) in [6.45, 7) is 0.290. The highest BCUT2D eigenvalue weighted by Gasteiger charge is 2.34. The van der Waals surface area contributed by atoms with Gasteiger partial charge in [-0.25, -0.2) is 4.98 Å². The Morgan fingerprint density at radius 2 is 2.09 bits per heavy atom. The Kier molecular flexibility index (Phi) is 4.70. The lowest BCUT2D eigenvalue weighted by Crippen LogP contribution is -2.27. The number of nitrogens with one attached hydrogen (secondary N) is 1. The zero-order chi connectivity index (χ0) is 16.3. The van der Waals surface area contributed by atoms with Gasteiger partial charge in [-0.3, -0.25) is 4.68 Å². The maximum absolute atomic E-state index is 13.0. The predicted octanol–water partition coefficient (Wildman–Crippen LogP) is 2.55. The summed E-state index contributed by atoms with van der Waals surface area (Å²) in [7, 11) is 5.52. The van der Waals surface area contributed by atoms with Crippen LogP contribution in [0.25, 0.3) is 0 Å². The van der Waals surface area contributed by atoms with Gasteiger partial charge >= 0.3 is 6.18 Å². The van der Waals surface area contributed by atoms with Crippen LogP contribution in [0.15, 0.2) is 30.7 Å². The molecule has 0 fully saturated rings. The molecule has 0 amide bonds. The Hall–Kier alpha value is -2.09. The van der Waals surface area contributed by atoms with Gasteiger partial charge in [0.25, 0.3) is 0 Å². The molecule has 5 nitrogen and oxygen atoms in total. The van der Waals surface area contributed by atoms with Crippen LogP contribution in [0.4, 0.5) is 19.0 Å². The molecule has 0 radical (unpaired) electrons. The van der Waals surface area contributed by atoms with E-state index in [-0.39, 0.29) is 11.9 Å². The quantitative estimate of drug-likeness (QED) is 0.921. The second-order valence-corrected chi connectivity index (χ2v) is 5.20. The van der Waals surface area contributed by atoms with Gasteiger partial charge in [0, 0.05) is 31.5 Å². The van der Waals surface area contributed by atoms with Gasteiger partial charge in [-0.1, -0.05) is 0 Å². The molecule has 8 heteroatoms. The molecule has 1 atom stereocenters. The number of anilines is 1. The van der Waals surface area contributed by atoms with E-state index in [4.69, 9.17) is 0 Å². The molecule has 2 heterocycles. The number of aromatic nitrogens is 3. The van der Waals surface area contributed by atoms with Gasteiger partial charge in [-0.05, 0) is 26.2 Å². The topological polar surface area (TPSA) is 46.0 Å². The van der Waals surface area contributed by atoms with E-state index in [0.717, 1.165) is 11.6 Å². The van der Waals surface area contributed by atoms with Crippen LogP contribution in [-0.4, -0.2) is 40.3 Å². The Balaban J connectivity index is 2.17. The van der Waals surface area contributed by atoms with Crippen molar-refractivity contribution in [2.45, 2.75) is 12.2 Å². The number of pyridine rings is 1. The van der Waals surface area contributed by atoms with Crippen molar-refractivity contribution in [1.29, 1.82) is 0 Å². The van der Waals surface area contributed by atoms with E-state index in [1.807, 2.05) is 25.2 Å². The van der Waals surface area contributed by atoms with E-state index in [2.05, 4.69) is 15.4 Å².